The number of nitrogens with one attached hydrogen (secondary N) is 1. The van der Waals surface area contributed by atoms with E-state index in [1.54, 1.807) is 19.1 Å². The van der Waals surface area contributed by atoms with Gasteiger partial charge < -0.3 is 14.3 Å². The number of amides is 1. The van der Waals surface area contributed by atoms with Crippen molar-refractivity contribution in [3.63, 3.8) is 0 Å². The molecule has 0 saturated carbocycles. The van der Waals surface area contributed by atoms with Crippen molar-refractivity contribution in [1.82, 2.24) is 14.9 Å². The molecule has 0 atom stereocenters. The monoisotopic (exact) mass is 391 g/mol. The van der Waals surface area contributed by atoms with Crippen molar-refractivity contribution in [2.24, 2.45) is 7.05 Å². The number of oxazole rings is 1. The van der Waals surface area contributed by atoms with Crippen LogP contribution in [0.2, 0.25) is 0 Å². The number of benzene rings is 2. The molecule has 0 bridgehead atoms. The maximum atomic E-state index is 13.4. The van der Waals surface area contributed by atoms with Crippen molar-refractivity contribution >= 4 is 16.8 Å². The van der Waals surface area contributed by atoms with Crippen LogP contribution >= 0.6 is 0 Å². The fraction of sp³-hybridized carbons (Fsp3) is 0.217. The first-order valence-electron chi connectivity index (χ1n) is 9.44. The molecule has 0 aliphatic heterocycles. The summed E-state index contributed by atoms with van der Waals surface area (Å²) in [4.78, 5) is 16.8. The molecule has 0 saturated heterocycles. The van der Waals surface area contributed by atoms with Gasteiger partial charge in [0.25, 0.3) is 0 Å². The molecule has 1 N–H and O–H groups in total. The minimum Gasteiger partial charge on any atom is -0.441 e. The highest BCUT2D eigenvalue weighted by Gasteiger charge is 2.15. The van der Waals surface area contributed by atoms with Crippen LogP contribution < -0.4 is 5.32 Å². The fourth-order valence-corrected chi connectivity index (χ4v) is 3.40. The molecule has 0 aliphatic carbocycles. The molecule has 2 aromatic carbocycles. The van der Waals surface area contributed by atoms with Crippen molar-refractivity contribution in [2.75, 3.05) is 0 Å². The van der Waals surface area contributed by atoms with Crippen molar-refractivity contribution < 1.29 is 13.6 Å². The second-order valence-electron chi connectivity index (χ2n) is 7.22. The number of carbonyl (C=O) groups excluding carboxylic acids is 1. The molecule has 0 radical (unpaired) electrons. The van der Waals surface area contributed by atoms with E-state index in [1.807, 2.05) is 13.1 Å². The number of carbonyl (C=O) groups is 1. The molecule has 6 heteroatoms. The van der Waals surface area contributed by atoms with Gasteiger partial charge in [-0.3, -0.25) is 4.79 Å². The average Bonchev–Trinajstić information content (AvgIpc) is 3.19. The average molecular weight is 391 g/mol. The lowest BCUT2D eigenvalue weighted by Crippen LogP contribution is -2.24. The standard InChI is InChI=1S/C23H22FN3O2/c1-14-9-18-10-16(7-8-21(18)27(14)3)13-25-22(28)12-20-15(2)29-23(26-20)17-5-4-6-19(24)11-17/h4-11H,12-13H2,1-3H3,(H,25,28). The van der Waals surface area contributed by atoms with Gasteiger partial charge in [0.05, 0.1) is 12.1 Å². The Labute approximate surface area is 168 Å². The Morgan fingerprint density at radius 3 is 2.79 bits per heavy atom. The van der Waals surface area contributed by atoms with E-state index in [2.05, 4.69) is 40.0 Å². The molecule has 29 heavy (non-hydrogen) atoms. The predicted octanol–water partition coefficient (Wildman–Crippen LogP) is 4.45. The van der Waals surface area contributed by atoms with Gasteiger partial charge in [0.1, 0.15) is 11.6 Å². The van der Waals surface area contributed by atoms with E-state index in [9.17, 15) is 9.18 Å². The number of fused-ring (bicyclic) bond motifs is 1. The molecule has 5 nitrogen and oxygen atoms in total. The highest BCUT2D eigenvalue weighted by atomic mass is 19.1. The van der Waals surface area contributed by atoms with Gasteiger partial charge in [0, 0.05) is 35.8 Å². The molecule has 0 aliphatic rings. The minimum atomic E-state index is -0.358. The Hall–Kier alpha value is -3.41. The summed E-state index contributed by atoms with van der Waals surface area (Å²) in [5, 5.41) is 4.09. The van der Waals surface area contributed by atoms with Crippen molar-refractivity contribution in [3.8, 4) is 11.5 Å². The Bertz CT molecular complexity index is 1210. The Morgan fingerprint density at radius 1 is 1.17 bits per heavy atom. The smallest absolute Gasteiger partial charge is 0.226 e. The summed E-state index contributed by atoms with van der Waals surface area (Å²) in [6, 6.07) is 14.3. The molecular formula is C23H22FN3O2. The van der Waals surface area contributed by atoms with E-state index in [0.717, 1.165) is 10.9 Å². The van der Waals surface area contributed by atoms with Crippen molar-refractivity contribution in [1.29, 1.82) is 0 Å². The first-order chi connectivity index (χ1) is 13.9. The van der Waals surface area contributed by atoms with Gasteiger partial charge in [0.15, 0.2) is 0 Å². The van der Waals surface area contributed by atoms with E-state index in [0.29, 0.717) is 29.5 Å². The number of halogens is 1. The largest absolute Gasteiger partial charge is 0.441 e. The van der Waals surface area contributed by atoms with Gasteiger partial charge in [-0.15, -0.1) is 0 Å². The summed E-state index contributed by atoms with van der Waals surface area (Å²) < 4.78 is 21.2. The van der Waals surface area contributed by atoms with Crippen molar-refractivity contribution in [3.05, 3.63) is 77.1 Å². The lowest BCUT2D eigenvalue weighted by Gasteiger charge is -2.05. The first-order valence-corrected chi connectivity index (χ1v) is 9.44. The molecule has 148 valence electrons. The number of aromatic nitrogens is 2. The van der Waals surface area contributed by atoms with Crippen LogP contribution in [-0.4, -0.2) is 15.5 Å². The van der Waals surface area contributed by atoms with Gasteiger partial charge in [0.2, 0.25) is 11.8 Å². The van der Waals surface area contributed by atoms with Crippen LogP contribution in [0.15, 0.2) is 52.9 Å². The molecule has 4 rings (SSSR count). The number of hydrogen-bond donors (Lipinski definition) is 1. The van der Waals surface area contributed by atoms with Gasteiger partial charge >= 0.3 is 0 Å². The quantitative estimate of drug-likeness (QED) is 0.547. The van der Waals surface area contributed by atoms with Crippen molar-refractivity contribution in [2.45, 2.75) is 26.8 Å². The van der Waals surface area contributed by atoms with Crippen LogP contribution in [0.1, 0.15) is 22.7 Å². The zero-order valence-electron chi connectivity index (χ0n) is 16.6. The molecule has 2 aromatic heterocycles. The van der Waals surface area contributed by atoms with Crippen LogP contribution in [0.3, 0.4) is 0 Å². The highest BCUT2D eigenvalue weighted by Crippen LogP contribution is 2.23. The third-order valence-corrected chi connectivity index (χ3v) is 5.13. The SMILES string of the molecule is Cc1oc(-c2cccc(F)c2)nc1CC(=O)NCc1ccc2c(c1)cc(C)n2C. The Morgan fingerprint density at radius 2 is 2.00 bits per heavy atom. The van der Waals surface area contributed by atoms with Gasteiger partial charge in [-0.25, -0.2) is 9.37 Å². The zero-order valence-corrected chi connectivity index (χ0v) is 16.6. The summed E-state index contributed by atoms with van der Waals surface area (Å²) >= 11 is 0. The number of rotatable bonds is 5. The summed E-state index contributed by atoms with van der Waals surface area (Å²) in [6.45, 7) is 4.26. The van der Waals surface area contributed by atoms with E-state index in [1.165, 1.54) is 23.3 Å². The fourth-order valence-electron chi connectivity index (χ4n) is 3.40. The van der Waals surface area contributed by atoms with Crippen LogP contribution in [0.4, 0.5) is 4.39 Å². The van der Waals surface area contributed by atoms with Gasteiger partial charge in [-0.1, -0.05) is 12.1 Å². The van der Waals surface area contributed by atoms with E-state index in [-0.39, 0.29) is 18.1 Å². The molecule has 4 aromatic rings. The lowest BCUT2D eigenvalue weighted by molar-refractivity contribution is -0.120. The van der Waals surface area contributed by atoms with Crippen LogP contribution in [0.5, 0.6) is 0 Å². The molecule has 0 spiro atoms. The summed E-state index contributed by atoms with van der Waals surface area (Å²) in [5.74, 6) is 0.370. The minimum absolute atomic E-state index is 0.108. The lowest BCUT2D eigenvalue weighted by atomic mass is 10.1. The Balaban J connectivity index is 1.42. The zero-order chi connectivity index (χ0) is 20.5. The third kappa shape index (κ3) is 3.92. The summed E-state index contributed by atoms with van der Waals surface area (Å²) in [6.07, 6.45) is 0.108. The second-order valence-corrected chi connectivity index (χ2v) is 7.22. The maximum Gasteiger partial charge on any atom is 0.226 e. The second kappa shape index (κ2) is 7.54. The topological polar surface area (TPSA) is 60.1 Å². The van der Waals surface area contributed by atoms with Crippen LogP contribution in [-0.2, 0) is 24.8 Å². The summed E-state index contributed by atoms with van der Waals surface area (Å²) in [7, 11) is 2.04. The summed E-state index contributed by atoms with van der Waals surface area (Å²) in [5.41, 5.74) is 4.49. The molecule has 1 amide bonds. The highest BCUT2D eigenvalue weighted by molar-refractivity contribution is 5.82. The first kappa shape index (κ1) is 18.9. The number of nitrogens with zero attached hydrogens (tertiary/aromatic N) is 2. The predicted molar refractivity (Wildman–Crippen MR) is 110 cm³/mol. The van der Waals surface area contributed by atoms with E-state index in [4.69, 9.17) is 4.42 Å². The maximum absolute atomic E-state index is 13.4. The molecule has 2 heterocycles. The normalized spacial score (nSPS) is 11.2. The van der Waals surface area contributed by atoms with Crippen LogP contribution in [0.25, 0.3) is 22.4 Å². The van der Waals surface area contributed by atoms with E-state index >= 15 is 0 Å². The number of aryl methyl sites for hydroxylation is 3. The van der Waals surface area contributed by atoms with Crippen LogP contribution in [0, 0.1) is 19.7 Å². The number of hydrogen-bond acceptors (Lipinski definition) is 3. The van der Waals surface area contributed by atoms with E-state index < -0.39 is 0 Å². The molecular weight excluding hydrogens is 369 g/mol. The van der Waals surface area contributed by atoms with Gasteiger partial charge in [-0.2, -0.15) is 0 Å². The Kier molecular flexibility index (Phi) is 4.92. The molecule has 0 unspecified atom stereocenters. The third-order valence-electron chi connectivity index (χ3n) is 5.13. The molecule has 0 fully saturated rings. The van der Waals surface area contributed by atoms with Gasteiger partial charge in [-0.05, 0) is 55.8 Å².